The van der Waals surface area contributed by atoms with E-state index in [1.54, 1.807) is 32.0 Å². The first-order chi connectivity index (χ1) is 13.2. The second-order valence-corrected chi connectivity index (χ2v) is 8.75. The minimum Gasteiger partial charge on any atom is -0.485 e. The van der Waals surface area contributed by atoms with Crippen molar-refractivity contribution in [2.24, 2.45) is 22.9 Å². The summed E-state index contributed by atoms with van der Waals surface area (Å²) < 4.78 is 12.2. The molecule has 3 aliphatic rings. The van der Waals surface area contributed by atoms with Crippen LogP contribution >= 0.6 is 0 Å². The Morgan fingerprint density at radius 2 is 2.18 bits per heavy atom. The van der Waals surface area contributed by atoms with Crippen molar-refractivity contribution in [3.63, 3.8) is 0 Å². The SMILES string of the molecule is CC(C)CN1N=C(OC2c3cc(C#N)ccc3OC(C)(C)C2O)C2CC2C1=O. The lowest BCUT2D eigenvalue weighted by Crippen LogP contribution is -2.50. The minimum absolute atomic E-state index is 0.0309. The third-order valence-corrected chi connectivity index (χ3v) is 5.50. The summed E-state index contributed by atoms with van der Waals surface area (Å²) >= 11 is 0. The van der Waals surface area contributed by atoms with Gasteiger partial charge in [-0.2, -0.15) is 5.26 Å². The number of hydrogen-bond donors (Lipinski definition) is 1. The van der Waals surface area contributed by atoms with Gasteiger partial charge in [0.2, 0.25) is 11.8 Å². The van der Waals surface area contributed by atoms with Gasteiger partial charge in [0.05, 0.1) is 17.6 Å². The van der Waals surface area contributed by atoms with Crippen LogP contribution in [0.2, 0.25) is 0 Å². The van der Waals surface area contributed by atoms with E-state index in [0.717, 1.165) is 6.42 Å². The van der Waals surface area contributed by atoms with Crippen molar-refractivity contribution < 1.29 is 19.4 Å². The summed E-state index contributed by atoms with van der Waals surface area (Å²) in [6, 6.07) is 7.21. The Labute approximate surface area is 164 Å². The molecule has 4 unspecified atom stereocenters. The van der Waals surface area contributed by atoms with Gasteiger partial charge >= 0.3 is 0 Å². The summed E-state index contributed by atoms with van der Waals surface area (Å²) in [7, 11) is 0. The van der Waals surface area contributed by atoms with Crippen LogP contribution in [0.1, 0.15) is 51.3 Å². The summed E-state index contributed by atoms with van der Waals surface area (Å²) in [5.74, 6) is 1.29. The van der Waals surface area contributed by atoms with Gasteiger partial charge in [-0.15, -0.1) is 5.10 Å². The maximum absolute atomic E-state index is 12.4. The number of hydrogen-bond acceptors (Lipinski definition) is 6. The maximum atomic E-state index is 12.4. The molecule has 1 N–H and O–H groups in total. The Hall–Kier alpha value is -2.59. The highest BCUT2D eigenvalue weighted by Gasteiger charge is 2.55. The molecule has 1 aliphatic carbocycles. The van der Waals surface area contributed by atoms with Gasteiger partial charge in [-0.1, -0.05) is 13.8 Å². The van der Waals surface area contributed by atoms with E-state index in [1.165, 1.54) is 5.01 Å². The highest BCUT2D eigenvalue weighted by atomic mass is 16.5. The monoisotopic (exact) mass is 383 g/mol. The fourth-order valence-electron chi connectivity index (χ4n) is 3.83. The summed E-state index contributed by atoms with van der Waals surface area (Å²) in [6.45, 7) is 8.20. The van der Waals surface area contributed by atoms with Crippen LogP contribution in [0.5, 0.6) is 5.75 Å². The number of nitriles is 1. The minimum atomic E-state index is -0.954. The zero-order chi connectivity index (χ0) is 20.2. The fourth-order valence-corrected chi connectivity index (χ4v) is 3.83. The predicted octanol–water partition coefficient (Wildman–Crippen LogP) is 2.60. The molecule has 4 atom stereocenters. The zero-order valence-corrected chi connectivity index (χ0v) is 16.5. The lowest BCUT2D eigenvalue weighted by atomic mass is 9.87. The van der Waals surface area contributed by atoms with Crippen LogP contribution in [0.15, 0.2) is 23.3 Å². The quantitative estimate of drug-likeness (QED) is 0.866. The predicted molar refractivity (Wildman–Crippen MR) is 101 cm³/mol. The van der Waals surface area contributed by atoms with Crippen LogP contribution in [-0.2, 0) is 9.53 Å². The second-order valence-electron chi connectivity index (χ2n) is 8.75. The van der Waals surface area contributed by atoms with E-state index in [0.29, 0.717) is 29.3 Å². The number of carbonyl (C=O) groups is 1. The summed E-state index contributed by atoms with van der Waals surface area (Å²) in [5, 5.41) is 26.2. The van der Waals surface area contributed by atoms with Gasteiger partial charge in [-0.25, -0.2) is 5.01 Å². The van der Waals surface area contributed by atoms with Gasteiger partial charge in [0.25, 0.3) is 0 Å². The van der Waals surface area contributed by atoms with Crippen LogP contribution in [0, 0.1) is 29.1 Å². The molecule has 7 nitrogen and oxygen atoms in total. The van der Waals surface area contributed by atoms with Gasteiger partial charge in [-0.05, 0) is 44.4 Å². The smallest absolute Gasteiger partial charge is 0.246 e. The topological polar surface area (TPSA) is 95.2 Å². The number of fused-ring (bicyclic) bond motifs is 2. The molecule has 2 aliphatic heterocycles. The molecule has 0 bridgehead atoms. The van der Waals surface area contributed by atoms with Gasteiger partial charge in [-0.3, -0.25) is 4.79 Å². The molecular weight excluding hydrogens is 358 g/mol. The molecule has 2 heterocycles. The molecule has 1 aromatic carbocycles. The molecule has 0 radical (unpaired) electrons. The molecule has 0 aromatic heterocycles. The lowest BCUT2D eigenvalue weighted by molar-refractivity contribution is -0.135. The number of hydrazone groups is 1. The molecule has 28 heavy (non-hydrogen) atoms. The summed E-state index contributed by atoms with van der Waals surface area (Å²) in [5.41, 5.74) is 0.227. The molecule has 0 spiro atoms. The number of amides is 1. The average molecular weight is 383 g/mol. The van der Waals surface area contributed by atoms with Gasteiger partial charge in [0, 0.05) is 18.0 Å². The van der Waals surface area contributed by atoms with E-state index in [2.05, 4.69) is 11.2 Å². The first kappa shape index (κ1) is 18.8. The van der Waals surface area contributed by atoms with Crippen molar-refractivity contribution in [2.45, 2.75) is 51.9 Å². The molecule has 7 heteroatoms. The first-order valence-electron chi connectivity index (χ1n) is 9.69. The summed E-state index contributed by atoms with van der Waals surface area (Å²) in [6.07, 6.45) is -0.953. The number of benzene rings is 1. The second kappa shape index (κ2) is 6.49. The van der Waals surface area contributed by atoms with Crippen molar-refractivity contribution in [2.75, 3.05) is 6.54 Å². The van der Waals surface area contributed by atoms with Crippen LogP contribution in [0.3, 0.4) is 0 Å². The molecule has 1 saturated carbocycles. The Bertz CT molecular complexity index is 886. The van der Waals surface area contributed by atoms with Crippen molar-refractivity contribution >= 4 is 11.8 Å². The molecule has 1 amide bonds. The third-order valence-electron chi connectivity index (χ3n) is 5.50. The maximum Gasteiger partial charge on any atom is 0.246 e. The number of rotatable bonds is 3. The van der Waals surface area contributed by atoms with Crippen LogP contribution < -0.4 is 4.74 Å². The van der Waals surface area contributed by atoms with E-state index in [-0.39, 0.29) is 23.7 Å². The Morgan fingerprint density at radius 3 is 2.86 bits per heavy atom. The van der Waals surface area contributed by atoms with E-state index >= 15 is 0 Å². The summed E-state index contributed by atoms with van der Waals surface area (Å²) in [4.78, 5) is 12.4. The van der Waals surface area contributed by atoms with E-state index in [1.807, 2.05) is 13.8 Å². The third kappa shape index (κ3) is 3.12. The zero-order valence-electron chi connectivity index (χ0n) is 16.5. The molecule has 0 saturated heterocycles. The van der Waals surface area contributed by atoms with Gasteiger partial charge < -0.3 is 14.6 Å². The average Bonchev–Trinajstić information content (AvgIpc) is 3.43. The standard InChI is InChI=1S/C21H25N3O4/c1-11(2)10-24-20(26)14-8-13(14)19(23-24)27-17-15-7-12(9-22)5-6-16(15)28-21(3,4)18(17)25/h5-7,11,13-14,17-18,25H,8,10H2,1-4H3. The van der Waals surface area contributed by atoms with E-state index in [4.69, 9.17) is 9.47 Å². The number of aliphatic hydroxyl groups is 1. The Balaban J connectivity index is 1.69. The number of ether oxygens (including phenoxy) is 2. The van der Waals surface area contributed by atoms with Crippen molar-refractivity contribution in [1.29, 1.82) is 5.26 Å². The van der Waals surface area contributed by atoms with E-state index < -0.39 is 17.8 Å². The molecule has 1 aromatic rings. The van der Waals surface area contributed by atoms with Gasteiger partial charge in [0.1, 0.15) is 17.5 Å². The van der Waals surface area contributed by atoms with Crippen molar-refractivity contribution in [3.8, 4) is 11.8 Å². The lowest BCUT2D eigenvalue weighted by Gasteiger charge is -2.42. The van der Waals surface area contributed by atoms with Crippen LogP contribution in [0.25, 0.3) is 0 Å². The Morgan fingerprint density at radius 1 is 1.43 bits per heavy atom. The normalized spacial score (nSPS) is 30.0. The highest BCUT2D eigenvalue weighted by Crippen LogP contribution is 2.48. The number of aliphatic hydroxyl groups excluding tert-OH is 1. The molecular formula is C21H25N3O4. The Kier molecular flexibility index (Phi) is 4.35. The number of nitrogens with zero attached hydrogens (tertiary/aromatic N) is 3. The largest absolute Gasteiger partial charge is 0.485 e. The molecule has 4 rings (SSSR count). The fraction of sp³-hybridized carbons (Fsp3) is 0.571. The molecule has 148 valence electrons. The van der Waals surface area contributed by atoms with Crippen molar-refractivity contribution in [1.82, 2.24) is 5.01 Å². The molecule has 1 fully saturated rings. The number of carbonyl (C=O) groups excluding carboxylic acids is 1. The van der Waals surface area contributed by atoms with E-state index in [9.17, 15) is 15.2 Å². The highest BCUT2D eigenvalue weighted by molar-refractivity contribution is 5.96. The van der Waals surface area contributed by atoms with Crippen LogP contribution in [-0.4, -0.2) is 40.2 Å². The van der Waals surface area contributed by atoms with Crippen molar-refractivity contribution in [3.05, 3.63) is 29.3 Å². The van der Waals surface area contributed by atoms with Crippen LogP contribution in [0.4, 0.5) is 0 Å². The van der Waals surface area contributed by atoms with Gasteiger partial charge in [0.15, 0.2) is 6.10 Å². The first-order valence-corrected chi connectivity index (χ1v) is 9.69.